The quantitative estimate of drug-likeness (QED) is 0.625. The van der Waals surface area contributed by atoms with E-state index in [1.54, 1.807) is 12.4 Å². The molecule has 0 saturated heterocycles. The van der Waals surface area contributed by atoms with Gasteiger partial charge in [0.15, 0.2) is 0 Å². The van der Waals surface area contributed by atoms with Gasteiger partial charge in [-0.05, 0) is 19.3 Å². The van der Waals surface area contributed by atoms with Crippen molar-refractivity contribution in [1.82, 2.24) is 15.3 Å². The van der Waals surface area contributed by atoms with Gasteiger partial charge >= 0.3 is 0 Å². The monoisotopic (exact) mass is 235 g/mol. The molecule has 0 aliphatic heterocycles. The van der Waals surface area contributed by atoms with Crippen molar-refractivity contribution in [3.63, 3.8) is 0 Å². The van der Waals surface area contributed by atoms with E-state index in [1.165, 1.54) is 0 Å². The number of nitrogens with one attached hydrogen (secondary N) is 2. The molecule has 17 heavy (non-hydrogen) atoms. The molecule has 0 atom stereocenters. The number of carbonyl (C=O) groups excluding carboxylic acids is 1. The fourth-order valence-corrected chi connectivity index (χ4v) is 1.41. The summed E-state index contributed by atoms with van der Waals surface area (Å²) in [6, 6.07) is 0.441. The maximum absolute atomic E-state index is 11.4. The Hall–Kier alpha value is -1.85. The van der Waals surface area contributed by atoms with E-state index in [0.29, 0.717) is 30.6 Å². The van der Waals surface area contributed by atoms with E-state index < -0.39 is 0 Å². The highest BCUT2D eigenvalue weighted by atomic mass is 16.1. The van der Waals surface area contributed by atoms with Crippen LogP contribution in [0.1, 0.15) is 25.7 Å². The molecule has 6 nitrogen and oxygen atoms in total. The largest absolute Gasteiger partial charge is 0.396 e. The molecular formula is C11H17N5O. The van der Waals surface area contributed by atoms with E-state index in [4.69, 9.17) is 5.73 Å². The Morgan fingerprint density at radius 2 is 2.12 bits per heavy atom. The molecule has 92 valence electrons. The number of carbonyl (C=O) groups is 1. The first kappa shape index (κ1) is 11.6. The summed E-state index contributed by atoms with van der Waals surface area (Å²) in [5.41, 5.74) is 6.01. The van der Waals surface area contributed by atoms with Crippen LogP contribution in [0.5, 0.6) is 0 Å². The third kappa shape index (κ3) is 4.26. The van der Waals surface area contributed by atoms with Crippen LogP contribution in [0, 0.1) is 0 Å². The van der Waals surface area contributed by atoms with Gasteiger partial charge in [0.1, 0.15) is 0 Å². The molecule has 1 aromatic heterocycles. The fourth-order valence-electron chi connectivity index (χ4n) is 1.41. The van der Waals surface area contributed by atoms with Gasteiger partial charge in [-0.15, -0.1) is 0 Å². The molecular weight excluding hydrogens is 218 g/mol. The van der Waals surface area contributed by atoms with Crippen LogP contribution in [0.3, 0.4) is 0 Å². The molecule has 0 bridgehead atoms. The molecule has 0 spiro atoms. The van der Waals surface area contributed by atoms with Gasteiger partial charge in [-0.25, -0.2) is 9.97 Å². The van der Waals surface area contributed by atoms with Crippen LogP contribution in [-0.4, -0.2) is 28.5 Å². The molecule has 1 saturated carbocycles. The first-order valence-corrected chi connectivity index (χ1v) is 5.85. The first-order valence-electron chi connectivity index (χ1n) is 5.85. The summed E-state index contributed by atoms with van der Waals surface area (Å²) >= 11 is 0. The normalized spacial score (nSPS) is 14.4. The van der Waals surface area contributed by atoms with Crippen molar-refractivity contribution in [2.24, 2.45) is 0 Å². The summed E-state index contributed by atoms with van der Waals surface area (Å²) in [6.07, 6.45) is 6.67. The van der Waals surface area contributed by atoms with E-state index in [1.807, 2.05) is 0 Å². The highest BCUT2D eigenvalue weighted by Crippen LogP contribution is 2.18. The predicted molar refractivity (Wildman–Crippen MR) is 65.3 cm³/mol. The van der Waals surface area contributed by atoms with Crippen LogP contribution in [0.15, 0.2) is 12.4 Å². The molecule has 4 N–H and O–H groups in total. The topological polar surface area (TPSA) is 92.9 Å². The zero-order valence-electron chi connectivity index (χ0n) is 9.65. The zero-order chi connectivity index (χ0) is 12.1. The van der Waals surface area contributed by atoms with Crippen LogP contribution in [-0.2, 0) is 4.79 Å². The van der Waals surface area contributed by atoms with Crippen molar-refractivity contribution >= 4 is 17.5 Å². The van der Waals surface area contributed by atoms with Gasteiger partial charge in [0.2, 0.25) is 11.9 Å². The van der Waals surface area contributed by atoms with Crippen LogP contribution >= 0.6 is 0 Å². The minimum absolute atomic E-state index is 0.132. The molecule has 2 rings (SSSR count). The number of rotatable bonds is 6. The molecule has 1 aliphatic rings. The smallest absolute Gasteiger partial charge is 0.222 e. The van der Waals surface area contributed by atoms with Gasteiger partial charge < -0.3 is 16.4 Å². The summed E-state index contributed by atoms with van der Waals surface area (Å²) in [5.74, 6) is 0.675. The van der Waals surface area contributed by atoms with Crippen LogP contribution in [0.2, 0.25) is 0 Å². The SMILES string of the molecule is Nc1cnc(NCCCC(=O)NC2CC2)nc1. The number of nitrogens with zero attached hydrogens (tertiary/aromatic N) is 2. The Morgan fingerprint density at radius 1 is 1.41 bits per heavy atom. The van der Waals surface area contributed by atoms with Crippen molar-refractivity contribution in [3.05, 3.63) is 12.4 Å². The minimum atomic E-state index is 0.132. The van der Waals surface area contributed by atoms with Gasteiger partial charge in [0.05, 0.1) is 18.1 Å². The lowest BCUT2D eigenvalue weighted by Gasteiger charge is -2.05. The lowest BCUT2D eigenvalue weighted by molar-refractivity contribution is -0.121. The number of aromatic nitrogens is 2. The molecule has 6 heteroatoms. The van der Waals surface area contributed by atoms with Gasteiger partial charge in [-0.1, -0.05) is 0 Å². The van der Waals surface area contributed by atoms with Crippen LogP contribution < -0.4 is 16.4 Å². The maximum atomic E-state index is 11.4. The Bertz CT molecular complexity index is 374. The van der Waals surface area contributed by atoms with Gasteiger partial charge in [-0.2, -0.15) is 0 Å². The molecule has 1 fully saturated rings. The molecule has 0 aromatic carbocycles. The zero-order valence-corrected chi connectivity index (χ0v) is 9.65. The van der Waals surface area contributed by atoms with E-state index in [-0.39, 0.29) is 5.91 Å². The minimum Gasteiger partial charge on any atom is -0.396 e. The summed E-state index contributed by atoms with van der Waals surface area (Å²) in [7, 11) is 0. The second-order valence-electron chi connectivity index (χ2n) is 4.21. The van der Waals surface area contributed by atoms with Crippen LogP contribution in [0.4, 0.5) is 11.6 Å². The Balaban J connectivity index is 1.59. The fraction of sp³-hybridized carbons (Fsp3) is 0.545. The highest BCUT2D eigenvalue weighted by molar-refractivity contribution is 5.76. The summed E-state index contributed by atoms with van der Waals surface area (Å²) < 4.78 is 0. The predicted octanol–water partition coefficient (Wildman–Crippen LogP) is 0.529. The molecule has 0 radical (unpaired) electrons. The second kappa shape index (κ2) is 5.47. The molecule has 1 amide bonds. The molecule has 1 aromatic rings. The number of nitrogens with two attached hydrogens (primary N) is 1. The van der Waals surface area contributed by atoms with Gasteiger partial charge in [-0.3, -0.25) is 4.79 Å². The average Bonchev–Trinajstić information content (AvgIpc) is 3.11. The van der Waals surface area contributed by atoms with Crippen molar-refractivity contribution in [2.45, 2.75) is 31.7 Å². The lowest BCUT2D eigenvalue weighted by atomic mass is 10.3. The van der Waals surface area contributed by atoms with E-state index >= 15 is 0 Å². The van der Waals surface area contributed by atoms with Crippen molar-refractivity contribution < 1.29 is 4.79 Å². The Kier molecular flexibility index (Phi) is 3.74. The summed E-state index contributed by atoms with van der Waals surface area (Å²) in [4.78, 5) is 19.4. The Labute approximate surface area is 100 Å². The average molecular weight is 235 g/mol. The second-order valence-corrected chi connectivity index (χ2v) is 4.21. The third-order valence-corrected chi connectivity index (χ3v) is 2.48. The van der Waals surface area contributed by atoms with E-state index in [2.05, 4.69) is 20.6 Å². The van der Waals surface area contributed by atoms with E-state index in [9.17, 15) is 4.79 Å². The van der Waals surface area contributed by atoms with Crippen LogP contribution in [0.25, 0.3) is 0 Å². The molecule has 1 heterocycles. The summed E-state index contributed by atoms with van der Waals surface area (Å²) in [6.45, 7) is 0.683. The van der Waals surface area contributed by atoms with Crippen molar-refractivity contribution in [3.8, 4) is 0 Å². The standard InChI is InChI=1S/C11H17N5O/c12-8-6-14-11(15-7-8)13-5-1-2-10(17)16-9-3-4-9/h6-7,9H,1-5,12H2,(H,16,17)(H,13,14,15). The van der Waals surface area contributed by atoms with Gasteiger partial charge in [0, 0.05) is 19.0 Å². The van der Waals surface area contributed by atoms with Gasteiger partial charge in [0.25, 0.3) is 0 Å². The Morgan fingerprint density at radius 3 is 2.76 bits per heavy atom. The number of hydrogen-bond acceptors (Lipinski definition) is 5. The lowest BCUT2D eigenvalue weighted by Crippen LogP contribution is -2.25. The number of amides is 1. The number of nitrogen functional groups attached to an aromatic ring is 1. The number of hydrogen-bond donors (Lipinski definition) is 3. The first-order chi connectivity index (χ1) is 8.24. The number of anilines is 2. The van der Waals surface area contributed by atoms with Crippen molar-refractivity contribution in [2.75, 3.05) is 17.6 Å². The van der Waals surface area contributed by atoms with Crippen molar-refractivity contribution in [1.29, 1.82) is 0 Å². The third-order valence-electron chi connectivity index (χ3n) is 2.48. The van der Waals surface area contributed by atoms with E-state index in [0.717, 1.165) is 19.3 Å². The molecule has 1 aliphatic carbocycles. The summed E-state index contributed by atoms with van der Waals surface area (Å²) in [5, 5.41) is 5.98. The highest BCUT2D eigenvalue weighted by Gasteiger charge is 2.22. The maximum Gasteiger partial charge on any atom is 0.222 e. The molecule has 0 unspecified atom stereocenters.